The molecule has 30 heavy (non-hydrogen) atoms. The van der Waals surface area contributed by atoms with Crippen LogP contribution >= 0.6 is 0 Å². The fourth-order valence-corrected chi connectivity index (χ4v) is 3.04. The number of hydrogen-bond acceptors (Lipinski definition) is 5. The molecule has 1 aromatic carbocycles. The monoisotopic (exact) mass is 429 g/mol. The van der Waals surface area contributed by atoms with Gasteiger partial charge in [-0.1, -0.05) is 6.07 Å². The van der Waals surface area contributed by atoms with Gasteiger partial charge in [0.2, 0.25) is 11.8 Å². The minimum atomic E-state index is -4.52. The Kier molecular flexibility index (Phi) is 7.12. The second-order valence-corrected chi connectivity index (χ2v) is 8.14. The van der Waals surface area contributed by atoms with Crippen molar-refractivity contribution in [3.63, 3.8) is 0 Å². The van der Waals surface area contributed by atoms with Crippen LogP contribution in [0.4, 0.5) is 18.9 Å². The van der Waals surface area contributed by atoms with Crippen LogP contribution in [-0.4, -0.2) is 48.6 Å². The summed E-state index contributed by atoms with van der Waals surface area (Å²) in [7, 11) is 0. The number of nitrogens with zero attached hydrogens (tertiary/aromatic N) is 1. The van der Waals surface area contributed by atoms with Crippen LogP contribution < -0.4 is 15.5 Å². The van der Waals surface area contributed by atoms with E-state index >= 15 is 0 Å². The van der Waals surface area contributed by atoms with Gasteiger partial charge in [0.1, 0.15) is 12.6 Å². The number of esters is 1. The molecule has 0 saturated carbocycles. The molecule has 1 aliphatic rings. The lowest BCUT2D eigenvalue weighted by Gasteiger charge is -2.27. The number of benzene rings is 1. The molecule has 2 rings (SSSR count). The molecule has 0 spiro atoms. The van der Waals surface area contributed by atoms with Gasteiger partial charge in [-0.2, -0.15) is 13.2 Å². The summed E-state index contributed by atoms with van der Waals surface area (Å²) in [5.41, 5.74) is -1.26. The summed E-state index contributed by atoms with van der Waals surface area (Å²) < 4.78 is 43.9. The summed E-state index contributed by atoms with van der Waals surface area (Å²) in [4.78, 5) is 37.8. The number of amides is 2. The molecule has 7 nitrogen and oxygen atoms in total. The highest BCUT2D eigenvalue weighted by Crippen LogP contribution is 2.32. The van der Waals surface area contributed by atoms with E-state index in [1.165, 1.54) is 24.0 Å². The number of carbonyl (C=O) groups is 3. The third kappa shape index (κ3) is 6.45. The molecular formula is C20H26F3N3O4. The lowest BCUT2D eigenvalue weighted by atomic mass is 10.1. The molecule has 0 aliphatic carbocycles. The summed E-state index contributed by atoms with van der Waals surface area (Å²) in [6.45, 7) is 6.47. The van der Waals surface area contributed by atoms with Crippen molar-refractivity contribution >= 4 is 23.5 Å². The van der Waals surface area contributed by atoms with Crippen molar-refractivity contribution in [3.05, 3.63) is 29.8 Å². The van der Waals surface area contributed by atoms with Gasteiger partial charge in [0, 0.05) is 24.7 Å². The van der Waals surface area contributed by atoms with Gasteiger partial charge in [0.25, 0.3) is 0 Å². The molecule has 2 amide bonds. The second kappa shape index (κ2) is 9.03. The summed E-state index contributed by atoms with van der Waals surface area (Å²) in [6.07, 6.45) is -4.23. The van der Waals surface area contributed by atoms with Gasteiger partial charge in [0.15, 0.2) is 0 Å². The van der Waals surface area contributed by atoms with E-state index in [-0.39, 0.29) is 25.3 Å². The predicted molar refractivity (Wildman–Crippen MR) is 104 cm³/mol. The minimum Gasteiger partial charge on any atom is -0.464 e. The second-order valence-electron chi connectivity index (χ2n) is 8.14. The summed E-state index contributed by atoms with van der Waals surface area (Å²) >= 11 is 0. The highest BCUT2D eigenvalue weighted by molar-refractivity contribution is 6.00. The summed E-state index contributed by atoms with van der Waals surface area (Å²) in [6, 6.07) is 2.74. The van der Waals surface area contributed by atoms with Gasteiger partial charge in [-0.25, -0.2) is 0 Å². The van der Waals surface area contributed by atoms with E-state index in [1.54, 1.807) is 20.8 Å². The Morgan fingerprint density at radius 3 is 2.50 bits per heavy atom. The summed E-state index contributed by atoms with van der Waals surface area (Å²) in [5, 5.41) is 5.64. The lowest BCUT2D eigenvalue weighted by molar-refractivity contribution is -0.143. The zero-order valence-corrected chi connectivity index (χ0v) is 17.3. The first kappa shape index (κ1) is 23.7. The van der Waals surface area contributed by atoms with E-state index in [9.17, 15) is 27.6 Å². The fourth-order valence-electron chi connectivity index (χ4n) is 3.04. The van der Waals surface area contributed by atoms with Crippen molar-refractivity contribution in [1.29, 1.82) is 0 Å². The Morgan fingerprint density at radius 2 is 1.93 bits per heavy atom. The maximum atomic E-state index is 13.0. The average molecular weight is 429 g/mol. The molecule has 2 unspecified atom stereocenters. The quantitative estimate of drug-likeness (QED) is 0.678. The zero-order valence-electron chi connectivity index (χ0n) is 17.3. The third-order valence-corrected chi connectivity index (χ3v) is 4.36. The Balaban J connectivity index is 2.14. The van der Waals surface area contributed by atoms with Crippen LogP contribution in [0.3, 0.4) is 0 Å². The molecule has 2 N–H and O–H groups in total. The van der Waals surface area contributed by atoms with E-state index in [4.69, 9.17) is 4.74 Å². The summed E-state index contributed by atoms with van der Waals surface area (Å²) in [5.74, 6) is -1.48. The minimum absolute atomic E-state index is 0.134. The highest BCUT2D eigenvalue weighted by Gasteiger charge is 2.37. The van der Waals surface area contributed by atoms with Crippen molar-refractivity contribution in [2.75, 3.05) is 18.1 Å². The van der Waals surface area contributed by atoms with Crippen LogP contribution in [0.1, 0.15) is 39.7 Å². The maximum absolute atomic E-state index is 13.0. The van der Waals surface area contributed by atoms with Crippen molar-refractivity contribution in [2.24, 2.45) is 0 Å². The highest BCUT2D eigenvalue weighted by atomic mass is 19.4. The van der Waals surface area contributed by atoms with Gasteiger partial charge in [0.05, 0.1) is 11.6 Å². The number of anilines is 1. The molecule has 1 heterocycles. The van der Waals surface area contributed by atoms with Crippen LogP contribution in [0, 0.1) is 0 Å². The van der Waals surface area contributed by atoms with Crippen LogP contribution in [0.15, 0.2) is 24.3 Å². The molecule has 1 saturated heterocycles. The first-order valence-electron chi connectivity index (χ1n) is 9.48. The average Bonchev–Trinajstić information content (AvgIpc) is 2.96. The van der Waals surface area contributed by atoms with E-state index in [2.05, 4.69) is 10.6 Å². The molecule has 1 fully saturated rings. The predicted octanol–water partition coefficient (Wildman–Crippen LogP) is 2.25. The Hall–Kier alpha value is -2.62. The Morgan fingerprint density at radius 1 is 1.27 bits per heavy atom. The van der Waals surface area contributed by atoms with Crippen LogP contribution in [-0.2, 0) is 25.3 Å². The maximum Gasteiger partial charge on any atom is 0.416 e. The largest absolute Gasteiger partial charge is 0.464 e. The number of halogens is 3. The standard InChI is InChI=1S/C20H26F3N3O4/c1-12(27)30-11-16(17(28)25-19(2,3)4)24-15-8-9-26(18(15)29)14-7-5-6-13(10-14)20(21,22)23/h5-7,10,15-16,24H,8-9,11H2,1-4H3,(H,25,28). The molecule has 1 aromatic rings. The van der Waals surface area contributed by atoms with Crippen molar-refractivity contribution in [2.45, 2.75) is 57.9 Å². The van der Waals surface area contributed by atoms with E-state index in [0.717, 1.165) is 12.1 Å². The third-order valence-electron chi connectivity index (χ3n) is 4.36. The number of nitrogens with one attached hydrogen (secondary N) is 2. The van der Waals surface area contributed by atoms with Gasteiger partial charge in [-0.15, -0.1) is 0 Å². The molecule has 0 aromatic heterocycles. The van der Waals surface area contributed by atoms with E-state index in [1.807, 2.05) is 0 Å². The molecule has 2 atom stereocenters. The molecule has 0 bridgehead atoms. The van der Waals surface area contributed by atoms with Gasteiger partial charge < -0.3 is 15.0 Å². The van der Waals surface area contributed by atoms with Crippen LogP contribution in [0.25, 0.3) is 0 Å². The molecular weight excluding hydrogens is 403 g/mol. The van der Waals surface area contributed by atoms with Crippen molar-refractivity contribution in [3.8, 4) is 0 Å². The van der Waals surface area contributed by atoms with Crippen molar-refractivity contribution in [1.82, 2.24) is 10.6 Å². The topological polar surface area (TPSA) is 87.7 Å². The number of ether oxygens (including phenoxy) is 1. The number of rotatable bonds is 6. The number of hydrogen-bond donors (Lipinski definition) is 2. The Labute approximate surface area is 172 Å². The molecule has 10 heteroatoms. The normalized spacial score (nSPS) is 18.3. The number of carbonyl (C=O) groups excluding carboxylic acids is 3. The van der Waals surface area contributed by atoms with E-state index < -0.39 is 47.1 Å². The SMILES string of the molecule is CC(=O)OCC(NC1CCN(c2cccc(C(F)(F)F)c2)C1=O)C(=O)NC(C)(C)C. The zero-order chi connectivity index (χ0) is 22.7. The first-order valence-corrected chi connectivity index (χ1v) is 9.48. The van der Waals surface area contributed by atoms with Crippen LogP contribution in [0.2, 0.25) is 0 Å². The van der Waals surface area contributed by atoms with E-state index in [0.29, 0.717) is 0 Å². The molecule has 1 aliphatic heterocycles. The molecule has 166 valence electrons. The van der Waals surface area contributed by atoms with Gasteiger partial charge in [-0.3, -0.25) is 19.7 Å². The smallest absolute Gasteiger partial charge is 0.416 e. The lowest BCUT2D eigenvalue weighted by Crippen LogP contribution is -2.56. The number of alkyl halides is 3. The van der Waals surface area contributed by atoms with Crippen LogP contribution in [0.5, 0.6) is 0 Å². The first-order chi connectivity index (χ1) is 13.8. The fraction of sp³-hybridized carbons (Fsp3) is 0.550. The Bertz CT molecular complexity index is 805. The molecule has 0 radical (unpaired) electrons. The van der Waals surface area contributed by atoms with Gasteiger partial charge in [-0.05, 0) is 45.4 Å². The van der Waals surface area contributed by atoms with Gasteiger partial charge >= 0.3 is 12.1 Å². The van der Waals surface area contributed by atoms with Crippen molar-refractivity contribution < 1.29 is 32.3 Å².